The second kappa shape index (κ2) is 7.70. The summed E-state index contributed by atoms with van der Waals surface area (Å²) in [5, 5.41) is 41.3. The fourth-order valence-electron chi connectivity index (χ4n) is 3.77. The van der Waals surface area contributed by atoms with Crippen molar-refractivity contribution < 1.29 is 20.1 Å². The molecule has 1 aliphatic carbocycles. The third-order valence-electron chi connectivity index (χ3n) is 5.02. The molecule has 0 saturated heterocycles. The Morgan fingerprint density at radius 1 is 1.00 bits per heavy atom. The van der Waals surface area contributed by atoms with Crippen LogP contribution in [0.15, 0.2) is 24.3 Å². The minimum Gasteiger partial charge on any atom is -0.507 e. The van der Waals surface area contributed by atoms with Crippen LogP contribution in [0.1, 0.15) is 15.9 Å². The van der Waals surface area contributed by atoms with Crippen LogP contribution in [0.25, 0.3) is 22.2 Å². The lowest BCUT2D eigenvalue weighted by Gasteiger charge is -2.20. The molecule has 1 heterocycles. The highest BCUT2D eigenvalue weighted by Crippen LogP contribution is 2.47. The number of benzene rings is 2. The molecular weight excluding hydrogens is 374 g/mol. The molecule has 0 aliphatic heterocycles. The molecule has 0 atom stereocenters. The fourth-order valence-corrected chi connectivity index (χ4v) is 3.77. The third-order valence-corrected chi connectivity index (χ3v) is 5.02. The molecule has 0 spiro atoms. The van der Waals surface area contributed by atoms with Gasteiger partial charge >= 0.3 is 0 Å². The molecule has 0 saturated carbocycles. The maximum atomic E-state index is 13.3. The van der Waals surface area contributed by atoms with Crippen LogP contribution in [0.4, 0.5) is 5.69 Å². The topological polar surface area (TPSA) is 146 Å². The molecule has 2 aromatic carbocycles. The molecule has 0 fully saturated rings. The number of aromatic nitrogens is 2. The van der Waals surface area contributed by atoms with Gasteiger partial charge in [-0.3, -0.25) is 9.48 Å². The second-order valence-electron chi connectivity index (χ2n) is 6.83. The molecular formula is C20H23N5O4. The van der Waals surface area contributed by atoms with Gasteiger partial charge in [0.15, 0.2) is 5.78 Å². The number of phenols is 2. The number of hydrogen-bond donors (Lipinski definition) is 6. The Morgan fingerprint density at radius 3 is 2.48 bits per heavy atom. The van der Waals surface area contributed by atoms with Crippen molar-refractivity contribution in [3.8, 4) is 22.8 Å². The summed E-state index contributed by atoms with van der Waals surface area (Å²) in [4.78, 5) is 13.3. The molecule has 1 aromatic heterocycles. The number of nitrogens with zero attached hydrogens (tertiary/aromatic N) is 2. The van der Waals surface area contributed by atoms with Gasteiger partial charge in [0.1, 0.15) is 17.2 Å². The lowest BCUT2D eigenvalue weighted by atomic mass is 9.85. The Morgan fingerprint density at radius 2 is 1.76 bits per heavy atom. The van der Waals surface area contributed by atoms with Crippen LogP contribution in [0, 0.1) is 0 Å². The van der Waals surface area contributed by atoms with E-state index in [1.165, 1.54) is 12.1 Å². The van der Waals surface area contributed by atoms with E-state index in [9.17, 15) is 15.0 Å². The Hall–Kier alpha value is -3.14. The minimum absolute atomic E-state index is 0.0421. The van der Waals surface area contributed by atoms with Crippen molar-refractivity contribution in [1.29, 1.82) is 0 Å². The summed E-state index contributed by atoms with van der Waals surface area (Å²) < 4.78 is 1.76. The SMILES string of the molecule is NCCNc1ccc2c3c(nn2CCNCCO)-c2c(O)ccc(O)c2C(=O)c13. The minimum atomic E-state index is -0.371. The molecule has 4 rings (SSSR count). The summed E-state index contributed by atoms with van der Waals surface area (Å²) >= 11 is 0. The molecule has 7 N–H and O–H groups in total. The molecule has 29 heavy (non-hydrogen) atoms. The summed E-state index contributed by atoms with van der Waals surface area (Å²) in [6.07, 6.45) is 0. The Kier molecular flexibility index (Phi) is 5.10. The number of hydrogen-bond acceptors (Lipinski definition) is 8. The van der Waals surface area contributed by atoms with E-state index in [0.717, 1.165) is 5.52 Å². The Balaban J connectivity index is 1.94. The quantitative estimate of drug-likeness (QED) is 0.187. The van der Waals surface area contributed by atoms with Crippen LogP contribution >= 0.6 is 0 Å². The van der Waals surface area contributed by atoms with Gasteiger partial charge in [-0.15, -0.1) is 0 Å². The van der Waals surface area contributed by atoms with Gasteiger partial charge in [0, 0.05) is 37.3 Å². The molecule has 0 bridgehead atoms. The van der Waals surface area contributed by atoms with Crippen molar-refractivity contribution in [2.45, 2.75) is 6.54 Å². The van der Waals surface area contributed by atoms with Gasteiger partial charge in [0.05, 0.1) is 35.4 Å². The molecule has 9 nitrogen and oxygen atoms in total. The first-order valence-corrected chi connectivity index (χ1v) is 9.47. The van der Waals surface area contributed by atoms with E-state index < -0.39 is 0 Å². The highest BCUT2D eigenvalue weighted by Gasteiger charge is 2.35. The number of carbonyl (C=O) groups is 1. The lowest BCUT2D eigenvalue weighted by molar-refractivity contribution is 0.103. The van der Waals surface area contributed by atoms with Crippen molar-refractivity contribution >= 4 is 22.4 Å². The molecule has 3 aromatic rings. The number of aromatic hydroxyl groups is 2. The highest BCUT2D eigenvalue weighted by molar-refractivity contribution is 6.29. The molecule has 9 heteroatoms. The molecule has 0 unspecified atom stereocenters. The van der Waals surface area contributed by atoms with Crippen LogP contribution < -0.4 is 16.4 Å². The van der Waals surface area contributed by atoms with E-state index >= 15 is 0 Å². The smallest absolute Gasteiger partial charge is 0.200 e. The number of aliphatic hydroxyl groups excluding tert-OH is 1. The zero-order valence-corrected chi connectivity index (χ0v) is 15.8. The van der Waals surface area contributed by atoms with Gasteiger partial charge in [-0.1, -0.05) is 0 Å². The first-order valence-electron chi connectivity index (χ1n) is 9.47. The van der Waals surface area contributed by atoms with Crippen molar-refractivity contribution in [2.24, 2.45) is 5.73 Å². The van der Waals surface area contributed by atoms with Gasteiger partial charge in [-0.2, -0.15) is 5.10 Å². The normalized spacial score (nSPS) is 12.4. The maximum absolute atomic E-state index is 13.3. The second-order valence-corrected chi connectivity index (χ2v) is 6.83. The summed E-state index contributed by atoms with van der Waals surface area (Å²) in [7, 11) is 0. The summed E-state index contributed by atoms with van der Waals surface area (Å²) in [6, 6.07) is 6.34. The zero-order valence-electron chi connectivity index (χ0n) is 15.8. The number of aliphatic hydroxyl groups is 1. The van der Waals surface area contributed by atoms with Crippen molar-refractivity contribution in [3.63, 3.8) is 0 Å². The zero-order chi connectivity index (χ0) is 20.5. The maximum Gasteiger partial charge on any atom is 0.200 e. The van der Waals surface area contributed by atoms with Crippen molar-refractivity contribution in [2.75, 3.05) is 38.1 Å². The van der Waals surface area contributed by atoms with E-state index in [-0.39, 0.29) is 35.0 Å². The first-order chi connectivity index (χ1) is 14.1. The first kappa shape index (κ1) is 19.2. The number of fused-ring (bicyclic) bond motifs is 2. The number of carbonyl (C=O) groups excluding carboxylic acids is 1. The lowest BCUT2D eigenvalue weighted by Crippen LogP contribution is -2.23. The summed E-state index contributed by atoms with van der Waals surface area (Å²) in [6.45, 7) is 2.48. The van der Waals surface area contributed by atoms with E-state index in [4.69, 9.17) is 10.8 Å². The van der Waals surface area contributed by atoms with E-state index in [1.807, 2.05) is 6.07 Å². The summed E-state index contributed by atoms with van der Waals surface area (Å²) in [5.41, 5.74) is 8.12. The number of anilines is 1. The van der Waals surface area contributed by atoms with Gasteiger partial charge in [-0.25, -0.2) is 0 Å². The van der Waals surface area contributed by atoms with Gasteiger partial charge in [0.25, 0.3) is 0 Å². The number of ketones is 1. The van der Waals surface area contributed by atoms with Crippen LogP contribution in [0.2, 0.25) is 0 Å². The van der Waals surface area contributed by atoms with Gasteiger partial charge < -0.3 is 31.7 Å². The van der Waals surface area contributed by atoms with Crippen LogP contribution in [-0.2, 0) is 6.54 Å². The van der Waals surface area contributed by atoms with E-state index in [2.05, 4.69) is 15.7 Å². The average Bonchev–Trinajstić information content (AvgIpc) is 3.08. The van der Waals surface area contributed by atoms with Crippen LogP contribution in [0.3, 0.4) is 0 Å². The van der Waals surface area contributed by atoms with E-state index in [0.29, 0.717) is 55.1 Å². The third kappa shape index (κ3) is 3.09. The van der Waals surface area contributed by atoms with Crippen LogP contribution in [-0.4, -0.2) is 63.7 Å². The fraction of sp³-hybridized carbons (Fsp3) is 0.300. The van der Waals surface area contributed by atoms with Gasteiger partial charge in [-0.05, 0) is 24.3 Å². The molecule has 0 amide bonds. The standard InChI is InChI=1S/C20H23N5O4/c21-5-6-23-11-1-2-12-16-15(11)20(29)18-14(28)4-3-13(27)17(18)19(16)24-25(12)9-7-22-8-10-26/h1-4,22-23,26-28H,5-10,21H2. The number of rotatable bonds is 8. The van der Waals surface area contributed by atoms with Gasteiger partial charge in [0.2, 0.25) is 0 Å². The van der Waals surface area contributed by atoms with E-state index in [1.54, 1.807) is 10.7 Å². The highest BCUT2D eigenvalue weighted by atomic mass is 16.3. The van der Waals surface area contributed by atoms with Crippen molar-refractivity contribution in [1.82, 2.24) is 15.1 Å². The molecule has 152 valence electrons. The van der Waals surface area contributed by atoms with Crippen LogP contribution in [0.5, 0.6) is 11.5 Å². The number of nitrogens with two attached hydrogens (primary N) is 1. The molecule has 1 aliphatic rings. The van der Waals surface area contributed by atoms with Crippen molar-refractivity contribution in [3.05, 3.63) is 35.4 Å². The Labute approximate surface area is 166 Å². The Bertz CT molecular complexity index is 1090. The number of nitrogens with one attached hydrogen (secondary N) is 2. The monoisotopic (exact) mass is 397 g/mol. The predicted octanol–water partition coefficient (Wildman–Crippen LogP) is 0.611. The molecule has 0 radical (unpaired) electrons. The average molecular weight is 397 g/mol. The largest absolute Gasteiger partial charge is 0.507 e. The summed E-state index contributed by atoms with van der Waals surface area (Å²) in [5.74, 6) is -0.680. The predicted molar refractivity (Wildman–Crippen MR) is 109 cm³/mol. The number of phenolic OH excluding ortho intramolecular Hbond substituents is 2.